The average molecular weight is 413 g/mol. The van der Waals surface area contributed by atoms with Crippen molar-refractivity contribution in [2.24, 2.45) is 0 Å². The third-order valence-corrected chi connectivity index (χ3v) is 4.90. The van der Waals surface area contributed by atoms with Crippen LogP contribution in [0.25, 0.3) is 6.08 Å². The number of aromatic nitrogens is 2. The molecule has 0 aromatic carbocycles. The molecule has 3 heterocycles. The van der Waals surface area contributed by atoms with Gasteiger partial charge in [0.15, 0.2) is 0 Å². The highest BCUT2D eigenvalue weighted by molar-refractivity contribution is 5.92. The van der Waals surface area contributed by atoms with Crippen LogP contribution in [0.1, 0.15) is 41.4 Å². The van der Waals surface area contributed by atoms with Crippen LogP contribution in [0, 0.1) is 6.92 Å². The Hall–Kier alpha value is -3.29. The number of ether oxygens (including phenoxy) is 3. The van der Waals surface area contributed by atoms with Gasteiger partial charge in [0.1, 0.15) is 17.7 Å². The maximum absolute atomic E-state index is 11.6. The Balaban J connectivity index is 1.69. The molecule has 0 radical (unpaired) electrons. The van der Waals surface area contributed by atoms with Crippen LogP contribution in [-0.4, -0.2) is 54.0 Å². The highest BCUT2D eigenvalue weighted by atomic mass is 16.5. The van der Waals surface area contributed by atoms with Crippen molar-refractivity contribution in [3.05, 3.63) is 47.5 Å². The molecule has 30 heavy (non-hydrogen) atoms. The summed E-state index contributed by atoms with van der Waals surface area (Å²) in [6.45, 7) is 5.79. The number of hydrogen-bond donors (Lipinski definition) is 1. The average Bonchev–Trinajstić information content (AvgIpc) is 2.76. The Morgan fingerprint density at radius 2 is 2.10 bits per heavy atom. The van der Waals surface area contributed by atoms with E-state index in [4.69, 9.17) is 14.2 Å². The van der Waals surface area contributed by atoms with E-state index in [1.165, 1.54) is 6.26 Å². The fourth-order valence-corrected chi connectivity index (χ4v) is 3.38. The highest BCUT2D eigenvalue weighted by Crippen LogP contribution is 2.27. The quantitative estimate of drug-likeness (QED) is 0.657. The van der Waals surface area contributed by atoms with Crippen molar-refractivity contribution < 1.29 is 24.1 Å². The molecule has 0 amide bonds. The van der Waals surface area contributed by atoms with Crippen molar-refractivity contribution >= 4 is 17.9 Å². The molecule has 0 saturated carbocycles. The number of rotatable bonds is 8. The zero-order chi connectivity index (χ0) is 21.5. The summed E-state index contributed by atoms with van der Waals surface area (Å²) in [5, 5.41) is 9.50. The number of carboxylic acids is 1. The lowest BCUT2D eigenvalue weighted by molar-refractivity contribution is 0.0696. The minimum atomic E-state index is -1.01. The summed E-state index contributed by atoms with van der Waals surface area (Å²) in [5.41, 5.74) is 1.39. The maximum atomic E-state index is 11.6. The number of anilines is 1. The molecule has 0 aliphatic carbocycles. The first-order valence-corrected chi connectivity index (χ1v) is 9.96. The normalized spacial score (nSPS) is 14.7. The van der Waals surface area contributed by atoms with Crippen LogP contribution >= 0.6 is 0 Å². The highest BCUT2D eigenvalue weighted by Gasteiger charge is 2.24. The van der Waals surface area contributed by atoms with Gasteiger partial charge in [0.2, 0.25) is 5.88 Å². The standard InChI is InChI=1S/C22H27N3O5/c1-4-29-12-9-19-18(22(26)27)13-15(2)21(24-19)25-10-7-16(8-11-25)30-17-5-6-20(28-3)23-14-17/h5-6,9,12-14,16H,4,7-8,10-11H2,1-3H3,(H,26,27)/b12-9+. The number of methoxy groups -OCH3 is 1. The Morgan fingerprint density at radius 3 is 2.70 bits per heavy atom. The minimum absolute atomic E-state index is 0.0902. The van der Waals surface area contributed by atoms with Gasteiger partial charge in [-0.05, 0) is 37.6 Å². The Labute approximate surface area is 176 Å². The number of piperidine rings is 1. The molecule has 2 aromatic rings. The molecule has 1 aliphatic heterocycles. The molecular formula is C22H27N3O5. The van der Waals surface area contributed by atoms with Crippen molar-refractivity contribution in [3.63, 3.8) is 0 Å². The molecule has 8 nitrogen and oxygen atoms in total. The molecule has 1 N–H and O–H groups in total. The Bertz CT molecular complexity index is 890. The molecule has 2 aromatic heterocycles. The zero-order valence-corrected chi connectivity index (χ0v) is 17.5. The summed E-state index contributed by atoms with van der Waals surface area (Å²) in [6, 6.07) is 5.30. The first kappa shape index (κ1) is 21.4. The van der Waals surface area contributed by atoms with Crippen LogP contribution in [0.2, 0.25) is 0 Å². The van der Waals surface area contributed by atoms with Crippen LogP contribution in [-0.2, 0) is 4.74 Å². The largest absolute Gasteiger partial charge is 0.501 e. The summed E-state index contributed by atoms with van der Waals surface area (Å²) < 4.78 is 16.3. The molecule has 1 fully saturated rings. The molecule has 0 spiro atoms. The van der Waals surface area contributed by atoms with Crippen LogP contribution in [0.15, 0.2) is 30.7 Å². The molecular weight excluding hydrogens is 386 g/mol. The first-order chi connectivity index (χ1) is 14.5. The lowest BCUT2D eigenvalue weighted by Gasteiger charge is -2.34. The van der Waals surface area contributed by atoms with Gasteiger partial charge in [-0.25, -0.2) is 14.8 Å². The molecule has 160 valence electrons. The van der Waals surface area contributed by atoms with E-state index in [2.05, 4.69) is 14.9 Å². The van der Waals surface area contributed by atoms with E-state index in [0.717, 1.165) is 43.1 Å². The third kappa shape index (κ3) is 5.20. The number of carboxylic acid groups (broad SMARTS) is 1. The van der Waals surface area contributed by atoms with Crippen molar-refractivity contribution in [1.29, 1.82) is 0 Å². The van der Waals surface area contributed by atoms with Gasteiger partial charge in [-0.3, -0.25) is 0 Å². The second-order valence-corrected chi connectivity index (χ2v) is 6.97. The zero-order valence-electron chi connectivity index (χ0n) is 17.5. The monoisotopic (exact) mass is 413 g/mol. The van der Waals surface area contributed by atoms with Crippen LogP contribution in [0.5, 0.6) is 11.6 Å². The molecule has 8 heteroatoms. The van der Waals surface area contributed by atoms with Crippen LogP contribution in [0.4, 0.5) is 5.82 Å². The van der Waals surface area contributed by atoms with Gasteiger partial charge in [0.25, 0.3) is 0 Å². The van der Waals surface area contributed by atoms with E-state index in [1.807, 2.05) is 19.9 Å². The van der Waals surface area contributed by atoms with Crippen LogP contribution in [0.3, 0.4) is 0 Å². The van der Waals surface area contributed by atoms with Gasteiger partial charge in [0.05, 0.1) is 37.4 Å². The van der Waals surface area contributed by atoms with E-state index >= 15 is 0 Å². The van der Waals surface area contributed by atoms with Gasteiger partial charge in [0, 0.05) is 32.0 Å². The van der Waals surface area contributed by atoms with Gasteiger partial charge in [-0.1, -0.05) is 0 Å². The lowest BCUT2D eigenvalue weighted by atomic mass is 10.1. The number of nitrogens with zero attached hydrogens (tertiary/aromatic N) is 3. The summed E-state index contributed by atoms with van der Waals surface area (Å²) in [4.78, 5) is 22.6. The molecule has 1 aliphatic rings. The van der Waals surface area contributed by atoms with Crippen molar-refractivity contribution in [3.8, 4) is 11.6 Å². The maximum Gasteiger partial charge on any atom is 0.337 e. The summed E-state index contributed by atoms with van der Waals surface area (Å²) in [5.74, 6) is 1.06. The summed E-state index contributed by atoms with van der Waals surface area (Å²) in [7, 11) is 1.58. The van der Waals surface area contributed by atoms with Gasteiger partial charge in [-0.15, -0.1) is 0 Å². The molecule has 0 bridgehead atoms. The SMILES string of the molecule is CCO/C=C/c1nc(N2CCC(Oc3ccc(OC)nc3)CC2)c(C)cc1C(=O)O. The summed E-state index contributed by atoms with van der Waals surface area (Å²) >= 11 is 0. The molecule has 1 saturated heterocycles. The predicted octanol–water partition coefficient (Wildman–Crippen LogP) is 3.55. The van der Waals surface area contributed by atoms with E-state index in [0.29, 0.717) is 18.2 Å². The van der Waals surface area contributed by atoms with Gasteiger partial charge >= 0.3 is 5.97 Å². The van der Waals surface area contributed by atoms with Crippen molar-refractivity contribution in [2.75, 3.05) is 31.7 Å². The third-order valence-electron chi connectivity index (χ3n) is 4.90. The Kier molecular flexibility index (Phi) is 7.11. The molecule has 0 unspecified atom stereocenters. The summed E-state index contributed by atoms with van der Waals surface area (Å²) in [6.07, 6.45) is 6.50. The van der Waals surface area contributed by atoms with Gasteiger partial charge < -0.3 is 24.2 Å². The minimum Gasteiger partial charge on any atom is -0.501 e. The fourth-order valence-electron chi connectivity index (χ4n) is 3.38. The van der Waals surface area contributed by atoms with E-state index in [9.17, 15) is 9.90 Å². The van der Waals surface area contributed by atoms with E-state index in [-0.39, 0.29) is 11.7 Å². The second kappa shape index (κ2) is 9.96. The fraction of sp³-hybridized carbons (Fsp3) is 0.409. The van der Waals surface area contributed by atoms with Crippen molar-refractivity contribution in [1.82, 2.24) is 9.97 Å². The number of aryl methyl sites for hydroxylation is 1. The van der Waals surface area contributed by atoms with E-state index < -0.39 is 5.97 Å². The molecule has 3 rings (SSSR count). The Morgan fingerprint density at radius 1 is 1.33 bits per heavy atom. The van der Waals surface area contributed by atoms with E-state index in [1.54, 1.807) is 31.5 Å². The first-order valence-electron chi connectivity index (χ1n) is 9.96. The molecule has 0 atom stereocenters. The van der Waals surface area contributed by atoms with Crippen molar-refractivity contribution in [2.45, 2.75) is 32.8 Å². The smallest absolute Gasteiger partial charge is 0.337 e. The topological polar surface area (TPSA) is 94.0 Å². The number of hydrogen-bond acceptors (Lipinski definition) is 7. The number of carbonyl (C=O) groups is 1. The van der Waals surface area contributed by atoms with Gasteiger partial charge in [-0.2, -0.15) is 0 Å². The number of pyridine rings is 2. The second-order valence-electron chi connectivity index (χ2n) is 6.97. The predicted molar refractivity (Wildman–Crippen MR) is 113 cm³/mol. The lowest BCUT2D eigenvalue weighted by Crippen LogP contribution is -2.39. The van der Waals surface area contributed by atoms with Crippen LogP contribution < -0.4 is 14.4 Å². The number of aromatic carboxylic acids is 1.